The topological polar surface area (TPSA) is 113 Å². The Morgan fingerprint density at radius 1 is 1.04 bits per heavy atom. The molecule has 0 fully saturated rings. The number of benzene rings is 1. The van der Waals surface area contributed by atoms with Crippen LogP contribution in [-0.4, -0.2) is 15.7 Å². The minimum Gasteiger partial charge on any atom is -0.399 e. The van der Waals surface area contributed by atoms with Crippen LogP contribution in [0.15, 0.2) is 24.3 Å². The number of hydrogen-bond donors (Lipinski definition) is 3. The fourth-order valence-corrected chi connectivity index (χ4v) is 3.26. The monoisotopic (exact) mass is 357 g/mol. The maximum absolute atomic E-state index is 11.9. The van der Waals surface area contributed by atoms with E-state index in [2.05, 4.69) is 12.0 Å². The van der Waals surface area contributed by atoms with E-state index < -0.39 is 5.91 Å². The summed E-state index contributed by atoms with van der Waals surface area (Å²) in [4.78, 5) is 11.9. The molecular weight excluding hydrogens is 326 g/mol. The van der Waals surface area contributed by atoms with Gasteiger partial charge in [-0.05, 0) is 18.6 Å². The molecule has 6 nitrogen and oxygen atoms in total. The molecule has 142 valence electrons. The van der Waals surface area contributed by atoms with Crippen molar-refractivity contribution in [2.24, 2.45) is 5.73 Å². The van der Waals surface area contributed by atoms with Crippen molar-refractivity contribution in [3.8, 4) is 11.3 Å². The molecular formula is C20H31N5O. The average Bonchev–Trinajstić information content (AvgIpc) is 2.93. The van der Waals surface area contributed by atoms with Crippen molar-refractivity contribution in [3.63, 3.8) is 0 Å². The molecule has 6 N–H and O–H groups in total. The first-order valence-corrected chi connectivity index (χ1v) is 9.56. The van der Waals surface area contributed by atoms with Crippen LogP contribution in [0.3, 0.4) is 0 Å². The number of rotatable bonds is 11. The van der Waals surface area contributed by atoms with Gasteiger partial charge in [0.25, 0.3) is 5.91 Å². The zero-order chi connectivity index (χ0) is 18.9. The van der Waals surface area contributed by atoms with Gasteiger partial charge in [-0.1, -0.05) is 64.0 Å². The Hall–Kier alpha value is -2.50. The molecule has 26 heavy (non-hydrogen) atoms. The number of aromatic nitrogens is 2. The number of hydrogen-bond acceptors (Lipinski definition) is 4. The summed E-state index contributed by atoms with van der Waals surface area (Å²) in [6.07, 6.45) is 9.85. The van der Waals surface area contributed by atoms with E-state index in [1.54, 1.807) is 10.7 Å². The first-order chi connectivity index (χ1) is 12.5. The van der Waals surface area contributed by atoms with Crippen LogP contribution in [0.2, 0.25) is 0 Å². The van der Waals surface area contributed by atoms with Crippen LogP contribution in [0.5, 0.6) is 0 Å². The lowest BCUT2D eigenvalue weighted by atomic mass is 10.1. The summed E-state index contributed by atoms with van der Waals surface area (Å²) in [5.74, 6) is -0.392. The number of carbonyl (C=O) groups is 1. The van der Waals surface area contributed by atoms with Crippen LogP contribution >= 0.6 is 0 Å². The Labute approximate surface area is 155 Å². The van der Waals surface area contributed by atoms with Gasteiger partial charge in [0.05, 0.1) is 5.69 Å². The Morgan fingerprint density at radius 3 is 2.31 bits per heavy atom. The zero-order valence-electron chi connectivity index (χ0n) is 15.7. The summed E-state index contributed by atoms with van der Waals surface area (Å²) < 4.78 is 1.79. The average molecular weight is 358 g/mol. The number of nitrogens with two attached hydrogens (primary N) is 3. The molecule has 1 heterocycles. The lowest BCUT2D eigenvalue weighted by molar-refractivity contribution is 0.100. The Balaban J connectivity index is 2.04. The Morgan fingerprint density at radius 2 is 1.69 bits per heavy atom. The van der Waals surface area contributed by atoms with Crippen LogP contribution in [0, 0.1) is 0 Å². The molecule has 1 amide bonds. The van der Waals surface area contributed by atoms with E-state index >= 15 is 0 Å². The van der Waals surface area contributed by atoms with E-state index in [1.807, 2.05) is 18.2 Å². The van der Waals surface area contributed by atoms with E-state index in [1.165, 1.54) is 38.5 Å². The van der Waals surface area contributed by atoms with Gasteiger partial charge in [0, 0.05) is 17.8 Å². The molecule has 1 aromatic carbocycles. The van der Waals surface area contributed by atoms with Gasteiger partial charge in [0.2, 0.25) is 0 Å². The van der Waals surface area contributed by atoms with E-state index in [0.29, 0.717) is 17.9 Å². The molecule has 2 rings (SSSR count). The van der Waals surface area contributed by atoms with Crippen molar-refractivity contribution in [2.45, 2.75) is 64.8 Å². The summed E-state index contributed by atoms with van der Waals surface area (Å²) in [7, 11) is 0. The van der Waals surface area contributed by atoms with Crippen molar-refractivity contribution in [1.29, 1.82) is 0 Å². The summed E-state index contributed by atoms with van der Waals surface area (Å²) in [5.41, 5.74) is 19.7. The number of nitrogen functional groups attached to an aromatic ring is 2. The van der Waals surface area contributed by atoms with Gasteiger partial charge >= 0.3 is 0 Å². The number of anilines is 2. The first kappa shape index (κ1) is 19.8. The molecule has 1 aromatic heterocycles. The maximum atomic E-state index is 11.9. The van der Waals surface area contributed by atoms with Crippen LogP contribution in [0.4, 0.5) is 11.5 Å². The van der Waals surface area contributed by atoms with Gasteiger partial charge in [-0.3, -0.25) is 9.48 Å². The largest absolute Gasteiger partial charge is 0.399 e. The quantitative estimate of drug-likeness (QED) is 0.417. The number of unbranched alkanes of at least 4 members (excludes halogenated alkanes) is 7. The third-order valence-electron chi connectivity index (χ3n) is 4.61. The molecule has 0 radical (unpaired) electrons. The second kappa shape index (κ2) is 9.85. The second-order valence-electron chi connectivity index (χ2n) is 6.80. The molecule has 0 aliphatic carbocycles. The molecule has 0 aliphatic heterocycles. The number of nitrogens with zero attached hydrogens (tertiary/aromatic N) is 2. The molecule has 0 bridgehead atoms. The highest BCUT2D eigenvalue weighted by Crippen LogP contribution is 2.29. The van der Waals surface area contributed by atoms with Crippen molar-refractivity contribution >= 4 is 17.4 Å². The number of carbonyl (C=O) groups excluding carboxylic acids is 1. The van der Waals surface area contributed by atoms with E-state index in [9.17, 15) is 4.79 Å². The maximum Gasteiger partial charge on any atom is 0.254 e. The van der Waals surface area contributed by atoms with Crippen LogP contribution < -0.4 is 17.2 Å². The second-order valence-corrected chi connectivity index (χ2v) is 6.80. The van der Waals surface area contributed by atoms with Crippen molar-refractivity contribution in [1.82, 2.24) is 9.78 Å². The van der Waals surface area contributed by atoms with Gasteiger partial charge in [0.15, 0.2) is 5.82 Å². The fraction of sp³-hybridized carbons (Fsp3) is 0.500. The van der Waals surface area contributed by atoms with Gasteiger partial charge < -0.3 is 17.2 Å². The predicted molar refractivity (Wildman–Crippen MR) is 108 cm³/mol. The van der Waals surface area contributed by atoms with E-state index in [4.69, 9.17) is 17.2 Å². The summed E-state index contributed by atoms with van der Waals surface area (Å²) in [6, 6.07) is 7.35. The minimum absolute atomic E-state index is 0.175. The van der Waals surface area contributed by atoms with Gasteiger partial charge in [-0.15, -0.1) is 0 Å². The molecule has 0 unspecified atom stereocenters. The van der Waals surface area contributed by atoms with E-state index in [0.717, 1.165) is 18.4 Å². The highest BCUT2D eigenvalue weighted by molar-refractivity contribution is 6.03. The van der Waals surface area contributed by atoms with Crippen molar-refractivity contribution in [3.05, 3.63) is 29.8 Å². The van der Waals surface area contributed by atoms with E-state index in [-0.39, 0.29) is 11.4 Å². The van der Waals surface area contributed by atoms with Crippen LogP contribution in [0.25, 0.3) is 11.3 Å². The number of amides is 1. The summed E-state index contributed by atoms with van der Waals surface area (Å²) in [6.45, 7) is 2.94. The fourth-order valence-electron chi connectivity index (χ4n) is 3.26. The lowest BCUT2D eigenvalue weighted by Crippen LogP contribution is -2.14. The lowest BCUT2D eigenvalue weighted by Gasteiger charge is -2.09. The zero-order valence-corrected chi connectivity index (χ0v) is 15.7. The van der Waals surface area contributed by atoms with Crippen LogP contribution in [0.1, 0.15) is 68.6 Å². The standard InChI is InChI=1S/C20H31N5O/c1-2-3-4-5-6-7-8-9-13-25-18(15-11-10-12-16(21)14-15)17(20(23)26)19(22)24-25/h10-12,14H,2-9,13,21H2,1H3,(H2,22,24)(H2,23,26). The first-order valence-electron chi connectivity index (χ1n) is 9.56. The predicted octanol–water partition coefficient (Wildman–Crippen LogP) is 3.95. The molecule has 6 heteroatoms. The van der Waals surface area contributed by atoms with Crippen LogP contribution in [-0.2, 0) is 6.54 Å². The molecule has 0 saturated carbocycles. The SMILES string of the molecule is CCCCCCCCCCn1nc(N)c(C(N)=O)c1-c1cccc(N)c1. The highest BCUT2D eigenvalue weighted by atomic mass is 16.1. The normalized spacial score (nSPS) is 11.0. The number of aryl methyl sites for hydroxylation is 1. The van der Waals surface area contributed by atoms with Crippen molar-refractivity contribution < 1.29 is 4.79 Å². The molecule has 0 atom stereocenters. The third kappa shape index (κ3) is 5.25. The highest BCUT2D eigenvalue weighted by Gasteiger charge is 2.21. The number of primary amides is 1. The summed E-state index contributed by atoms with van der Waals surface area (Å²) in [5, 5.41) is 4.35. The third-order valence-corrected chi connectivity index (χ3v) is 4.61. The molecule has 0 saturated heterocycles. The molecule has 0 aliphatic rings. The molecule has 2 aromatic rings. The Kier molecular flexibility index (Phi) is 7.51. The molecule has 0 spiro atoms. The van der Waals surface area contributed by atoms with Gasteiger partial charge in [-0.2, -0.15) is 5.10 Å². The Bertz CT molecular complexity index is 723. The smallest absolute Gasteiger partial charge is 0.254 e. The minimum atomic E-state index is -0.568. The van der Waals surface area contributed by atoms with Gasteiger partial charge in [0.1, 0.15) is 5.56 Å². The van der Waals surface area contributed by atoms with Crippen molar-refractivity contribution in [2.75, 3.05) is 11.5 Å². The summed E-state index contributed by atoms with van der Waals surface area (Å²) >= 11 is 0. The van der Waals surface area contributed by atoms with Gasteiger partial charge in [-0.25, -0.2) is 0 Å².